The highest BCUT2D eigenvalue weighted by molar-refractivity contribution is 5.91. The molecule has 4 heterocycles. The zero-order valence-corrected chi connectivity index (χ0v) is 19.1. The molecule has 3 aromatic rings. The lowest BCUT2D eigenvalue weighted by Gasteiger charge is -2.26. The van der Waals surface area contributed by atoms with Crippen LogP contribution in [0.25, 0.3) is 5.65 Å². The number of anilines is 1. The summed E-state index contributed by atoms with van der Waals surface area (Å²) in [4.78, 5) is 19.3. The molecule has 180 valence electrons. The molecule has 10 heteroatoms. The van der Waals surface area contributed by atoms with E-state index in [2.05, 4.69) is 56.8 Å². The van der Waals surface area contributed by atoms with Gasteiger partial charge in [0.25, 0.3) is 5.91 Å². The van der Waals surface area contributed by atoms with Gasteiger partial charge in [0.15, 0.2) is 5.65 Å². The number of amides is 1. The zero-order chi connectivity index (χ0) is 24.1. The van der Waals surface area contributed by atoms with Crippen LogP contribution in [-0.4, -0.2) is 58.4 Å². The number of hydrogen-bond donors (Lipinski definition) is 2. The summed E-state index contributed by atoms with van der Waals surface area (Å²) < 4.78 is 40.2. The van der Waals surface area contributed by atoms with Crippen molar-refractivity contribution >= 4 is 17.2 Å². The molecule has 2 saturated heterocycles. The standard InChI is InChI=1S/C24H27F3N6O/c1-15-10-18(32-9-8-23(2,14-32)16-6-4-3-5-7-16)13-33-21(15)30-20(31-33)22(34)29-17-11-19(28-12-17)24(25,26)27/h3-7,10,13,17,19,28H,8-9,11-12,14H2,1-2H3,(H,29,34)/t17?,19?,23-/m0/s1. The van der Waals surface area contributed by atoms with Gasteiger partial charge >= 0.3 is 6.18 Å². The van der Waals surface area contributed by atoms with Gasteiger partial charge in [-0.05, 0) is 37.0 Å². The summed E-state index contributed by atoms with van der Waals surface area (Å²) in [6.45, 7) is 6.00. The maximum Gasteiger partial charge on any atom is 0.403 e. The van der Waals surface area contributed by atoms with Gasteiger partial charge in [-0.1, -0.05) is 37.3 Å². The van der Waals surface area contributed by atoms with Crippen molar-refractivity contribution in [2.24, 2.45) is 0 Å². The van der Waals surface area contributed by atoms with Crippen molar-refractivity contribution in [3.05, 3.63) is 59.5 Å². The number of carbonyl (C=O) groups is 1. The predicted octanol–water partition coefficient (Wildman–Crippen LogP) is 3.23. The van der Waals surface area contributed by atoms with E-state index in [4.69, 9.17) is 0 Å². The van der Waals surface area contributed by atoms with E-state index in [0.29, 0.717) is 5.65 Å². The highest BCUT2D eigenvalue weighted by Gasteiger charge is 2.44. The molecule has 2 aromatic heterocycles. The van der Waals surface area contributed by atoms with Crippen molar-refractivity contribution in [3.8, 4) is 0 Å². The number of aryl methyl sites for hydroxylation is 1. The van der Waals surface area contributed by atoms with Crippen LogP contribution in [0.2, 0.25) is 0 Å². The molecule has 5 rings (SSSR count). The van der Waals surface area contributed by atoms with Crippen LogP contribution in [0.5, 0.6) is 0 Å². The number of nitrogens with one attached hydrogen (secondary N) is 2. The van der Waals surface area contributed by atoms with Gasteiger partial charge < -0.3 is 15.5 Å². The first-order chi connectivity index (χ1) is 16.1. The molecule has 1 aromatic carbocycles. The Kier molecular flexibility index (Phi) is 5.50. The van der Waals surface area contributed by atoms with Gasteiger partial charge in [0.05, 0.1) is 11.9 Å². The zero-order valence-electron chi connectivity index (χ0n) is 19.1. The van der Waals surface area contributed by atoms with Crippen molar-refractivity contribution in [1.82, 2.24) is 25.2 Å². The monoisotopic (exact) mass is 472 g/mol. The molecule has 2 fully saturated rings. The molecule has 7 nitrogen and oxygen atoms in total. The second-order valence-electron chi connectivity index (χ2n) is 9.59. The number of fused-ring (bicyclic) bond motifs is 1. The van der Waals surface area contributed by atoms with Crippen LogP contribution in [-0.2, 0) is 5.41 Å². The molecule has 2 aliphatic rings. The first kappa shape index (κ1) is 22.6. The van der Waals surface area contributed by atoms with Crippen molar-refractivity contribution in [1.29, 1.82) is 0 Å². The molecule has 3 atom stereocenters. The van der Waals surface area contributed by atoms with E-state index < -0.39 is 24.2 Å². The quantitative estimate of drug-likeness (QED) is 0.610. The van der Waals surface area contributed by atoms with E-state index in [1.807, 2.05) is 25.3 Å². The summed E-state index contributed by atoms with van der Waals surface area (Å²) >= 11 is 0. The number of pyridine rings is 1. The highest BCUT2D eigenvalue weighted by Crippen LogP contribution is 2.36. The van der Waals surface area contributed by atoms with Crippen LogP contribution in [0.1, 0.15) is 41.5 Å². The Labute approximate surface area is 195 Å². The second-order valence-corrected chi connectivity index (χ2v) is 9.59. The Morgan fingerprint density at radius 2 is 2.03 bits per heavy atom. The van der Waals surface area contributed by atoms with Crippen molar-refractivity contribution < 1.29 is 18.0 Å². The Bertz CT molecular complexity index is 1210. The van der Waals surface area contributed by atoms with E-state index in [-0.39, 0.29) is 24.2 Å². The Balaban J connectivity index is 1.32. The smallest absolute Gasteiger partial charge is 0.369 e. The molecular weight excluding hydrogens is 445 g/mol. The minimum atomic E-state index is -4.33. The van der Waals surface area contributed by atoms with Gasteiger partial charge in [0, 0.05) is 31.1 Å². The Morgan fingerprint density at radius 1 is 1.26 bits per heavy atom. The van der Waals surface area contributed by atoms with E-state index >= 15 is 0 Å². The third kappa shape index (κ3) is 4.22. The number of halogens is 3. The maximum absolute atomic E-state index is 12.9. The number of benzene rings is 1. The molecule has 0 aliphatic carbocycles. The number of hydrogen-bond acceptors (Lipinski definition) is 5. The highest BCUT2D eigenvalue weighted by atomic mass is 19.4. The third-order valence-electron chi connectivity index (χ3n) is 6.98. The van der Waals surface area contributed by atoms with Gasteiger partial charge in [-0.2, -0.15) is 13.2 Å². The average Bonchev–Trinajstić information content (AvgIpc) is 3.53. The fraction of sp³-hybridized carbons (Fsp3) is 0.458. The SMILES string of the molecule is Cc1cc(N2CC[C@](C)(c3ccccc3)C2)cn2nc(C(=O)NC3CNC(C(F)(F)F)C3)nc12. The van der Waals surface area contributed by atoms with Crippen LogP contribution >= 0.6 is 0 Å². The van der Waals surface area contributed by atoms with Crippen molar-refractivity contribution in [2.75, 3.05) is 24.5 Å². The average molecular weight is 473 g/mol. The number of alkyl halides is 3. The lowest BCUT2D eigenvalue weighted by Crippen LogP contribution is -2.37. The molecule has 0 saturated carbocycles. The topological polar surface area (TPSA) is 74.6 Å². The van der Waals surface area contributed by atoms with Gasteiger partial charge in [-0.3, -0.25) is 4.79 Å². The van der Waals surface area contributed by atoms with Gasteiger partial charge in [0.2, 0.25) is 5.82 Å². The summed E-state index contributed by atoms with van der Waals surface area (Å²) in [5.41, 5.74) is 3.77. The fourth-order valence-corrected chi connectivity index (χ4v) is 5.00. The molecule has 0 bridgehead atoms. The van der Waals surface area contributed by atoms with E-state index in [1.54, 1.807) is 4.52 Å². The summed E-state index contributed by atoms with van der Waals surface area (Å²) in [6.07, 6.45) is -1.66. The molecule has 2 N–H and O–H groups in total. The Morgan fingerprint density at radius 3 is 2.74 bits per heavy atom. The minimum Gasteiger partial charge on any atom is -0.369 e. The third-order valence-corrected chi connectivity index (χ3v) is 6.98. The van der Waals surface area contributed by atoms with E-state index in [0.717, 1.165) is 30.8 Å². The summed E-state index contributed by atoms with van der Waals surface area (Å²) in [6, 6.07) is 10.3. The fourth-order valence-electron chi connectivity index (χ4n) is 5.00. The summed E-state index contributed by atoms with van der Waals surface area (Å²) in [5.74, 6) is -0.622. The molecule has 1 amide bonds. The second kappa shape index (κ2) is 8.26. The van der Waals surface area contributed by atoms with Gasteiger partial charge in [0.1, 0.15) is 6.04 Å². The van der Waals surface area contributed by atoms with Gasteiger partial charge in [-0.25, -0.2) is 9.50 Å². The van der Waals surface area contributed by atoms with E-state index in [1.165, 1.54) is 5.56 Å². The van der Waals surface area contributed by atoms with Crippen molar-refractivity contribution in [3.63, 3.8) is 0 Å². The predicted molar refractivity (Wildman–Crippen MR) is 122 cm³/mol. The number of nitrogens with zero attached hydrogens (tertiary/aromatic N) is 4. The van der Waals surface area contributed by atoms with Crippen LogP contribution in [0.15, 0.2) is 42.6 Å². The van der Waals surface area contributed by atoms with Crippen molar-refractivity contribution in [2.45, 2.75) is 50.4 Å². The largest absolute Gasteiger partial charge is 0.403 e. The lowest BCUT2D eigenvalue weighted by molar-refractivity contribution is -0.152. The molecule has 2 aliphatic heterocycles. The van der Waals surface area contributed by atoms with Crippen LogP contribution in [0, 0.1) is 6.92 Å². The first-order valence-electron chi connectivity index (χ1n) is 11.4. The minimum absolute atomic E-state index is 0.0428. The number of rotatable bonds is 4. The first-order valence-corrected chi connectivity index (χ1v) is 11.4. The maximum atomic E-state index is 12.9. The van der Waals surface area contributed by atoms with E-state index in [9.17, 15) is 18.0 Å². The van der Waals surface area contributed by atoms with Crippen LogP contribution < -0.4 is 15.5 Å². The number of carbonyl (C=O) groups excluding carboxylic acids is 1. The lowest BCUT2D eigenvalue weighted by atomic mass is 9.82. The Hall–Kier alpha value is -3.14. The molecule has 0 radical (unpaired) electrons. The normalized spacial score (nSPS) is 25.3. The van der Waals surface area contributed by atoms with Gasteiger partial charge in [-0.15, -0.1) is 5.10 Å². The summed E-state index contributed by atoms with van der Waals surface area (Å²) in [7, 11) is 0. The molecule has 2 unspecified atom stereocenters. The summed E-state index contributed by atoms with van der Waals surface area (Å²) in [5, 5.41) is 9.37. The number of aromatic nitrogens is 3. The molecule has 0 spiro atoms. The molecule has 34 heavy (non-hydrogen) atoms. The van der Waals surface area contributed by atoms with Crippen LogP contribution in [0.3, 0.4) is 0 Å². The molecular formula is C24H27F3N6O. The van der Waals surface area contributed by atoms with Crippen LogP contribution in [0.4, 0.5) is 18.9 Å².